The number of ketones is 1. The maximum absolute atomic E-state index is 13.3. The number of aryl methyl sites for hydroxylation is 2. The molecular weight excluding hydrogens is 386 g/mol. The molecule has 0 saturated carbocycles. The zero-order valence-corrected chi connectivity index (χ0v) is 18.7. The van der Waals surface area contributed by atoms with Crippen LogP contribution in [0.1, 0.15) is 52.3 Å². The Kier molecular flexibility index (Phi) is 5.21. The van der Waals surface area contributed by atoms with E-state index in [1.54, 1.807) is 11.9 Å². The highest BCUT2D eigenvalue weighted by Gasteiger charge is 2.32. The molecule has 1 aliphatic rings. The van der Waals surface area contributed by atoms with Gasteiger partial charge < -0.3 is 4.90 Å². The summed E-state index contributed by atoms with van der Waals surface area (Å²) in [4.78, 5) is 35.9. The van der Waals surface area contributed by atoms with Crippen LogP contribution in [-0.4, -0.2) is 33.6 Å². The predicted octanol–water partition coefficient (Wildman–Crippen LogP) is 4.44. The lowest BCUT2D eigenvalue weighted by Crippen LogP contribution is -2.31. The molecule has 0 radical (unpaired) electrons. The van der Waals surface area contributed by atoms with Gasteiger partial charge in [-0.15, -0.1) is 0 Å². The van der Waals surface area contributed by atoms with Crippen molar-refractivity contribution >= 4 is 11.7 Å². The average Bonchev–Trinajstić information content (AvgIpc) is 3.02. The topological polar surface area (TPSA) is 63.2 Å². The molecule has 0 bridgehead atoms. The molecule has 1 aliphatic heterocycles. The Bertz CT molecular complexity index is 1180. The van der Waals surface area contributed by atoms with Crippen molar-refractivity contribution in [2.24, 2.45) is 0 Å². The van der Waals surface area contributed by atoms with E-state index in [9.17, 15) is 9.59 Å². The molecule has 4 rings (SSSR count). The highest BCUT2D eigenvalue weighted by atomic mass is 16.2. The van der Waals surface area contributed by atoms with Gasteiger partial charge in [0.25, 0.3) is 5.91 Å². The van der Waals surface area contributed by atoms with Gasteiger partial charge in [0.1, 0.15) is 11.6 Å². The van der Waals surface area contributed by atoms with Gasteiger partial charge in [-0.05, 0) is 61.6 Å². The Morgan fingerprint density at radius 3 is 2.42 bits per heavy atom. The number of aromatic nitrogens is 2. The Hall–Kier alpha value is -3.34. The zero-order chi connectivity index (χ0) is 22.3. The molecule has 5 heteroatoms. The Labute approximate surface area is 183 Å². The lowest BCUT2D eigenvalue weighted by Gasteiger charge is -2.26. The number of rotatable bonds is 5. The number of hydrogen-bond acceptors (Lipinski definition) is 4. The summed E-state index contributed by atoms with van der Waals surface area (Å²) in [6.45, 7) is 8.47. The van der Waals surface area contributed by atoms with Gasteiger partial charge in [-0.25, -0.2) is 9.97 Å². The predicted molar refractivity (Wildman–Crippen MR) is 121 cm³/mol. The third-order valence-electron chi connectivity index (χ3n) is 6.23. The van der Waals surface area contributed by atoms with Crippen molar-refractivity contribution in [3.8, 4) is 11.1 Å². The summed E-state index contributed by atoms with van der Waals surface area (Å²) in [5.41, 5.74) is 6.02. The van der Waals surface area contributed by atoms with Crippen LogP contribution in [0.5, 0.6) is 0 Å². The molecule has 158 valence electrons. The maximum atomic E-state index is 13.3. The number of hydrogen-bond donors (Lipinski definition) is 0. The van der Waals surface area contributed by atoms with Gasteiger partial charge in [-0.2, -0.15) is 0 Å². The number of carbonyl (C=O) groups is 2. The third-order valence-corrected chi connectivity index (χ3v) is 6.23. The second-order valence-corrected chi connectivity index (χ2v) is 8.93. The molecule has 0 unspecified atom stereocenters. The first-order valence-corrected chi connectivity index (χ1v) is 10.5. The second kappa shape index (κ2) is 7.73. The number of amides is 1. The minimum absolute atomic E-state index is 0.0232. The Balaban J connectivity index is 1.57. The number of carbonyl (C=O) groups excluding carboxylic acids is 2. The Morgan fingerprint density at radius 1 is 1.03 bits per heavy atom. The van der Waals surface area contributed by atoms with Gasteiger partial charge in [-0.1, -0.05) is 30.3 Å². The molecule has 3 aromatic rings. The fourth-order valence-electron chi connectivity index (χ4n) is 4.25. The number of fused-ring (bicyclic) bond motifs is 1. The van der Waals surface area contributed by atoms with Crippen molar-refractivity contribution in [1.29, 1.82) is 0 Å². The van der Waals surface area contributed by atoms with Gasteiger partial charge in [0, 0.05) is 48.9 Å². The minimum Gasteiger partial charge on any atom is -0.337 e. The number of Topliss-reactive ketones (excluding diaryl/α,β-unsaturated/α-hetero) is 1. The van der Waals surface area contributed by atoms with Crippen molar-refractivity contribution in [2.45, 2.75) is 46.1 Å². The molecule has 1 aromatic heterocycles. The highest BCUT2D eigenvalue weighted by Crippen LogP contribution is 2.32. The lowest BCUT2D eigenvalue weighted by atomic mass is 9.76. The van der Waals surface area contributed by atoms with E-state index in [0.717, 1.165) is 39.2 Å². The van der Waals surface area contributed by atoms with Crippen molar-refractivity contribution in [2.75, 3.05) is 7.05 Å². The van der Waals surface area contributed by atoms with E-state index in [1.165, 1.54) is 0 Å². The summed E-state index contributed by atoms with van der Waals surface area (Å²) in [5.74, 6) is 0.888. The van der Waals surface area contributed by atoms with E-state index in [-0.39, 0.29) is 11.7 Å². The number of benzene rings is 2. The van der Waals surface area contributed by atoms with E-state index < -0.39 is 5.41 Å². The quantitative estimate of drug-likeness (QED) is 0.621. The SMILES string of the molecule is Cc1ncc(-c2ccc(C(C)(C)C(=O)Cc3ccc4c(c3)C(=O)N(C)C4)c(C)c2)cn1. The minimum atomic E-state index is -0.647. The van der Waals surface area contributed by atoms with E-state index in [0.29, 0.717) is 18.5 Å². The summed E-state index contributed by atoms with van der Waals surface area (Å²) in [6.07, 6.45) is 3.93. The first-order valence-electron chi connectivity index (χ1n) is 10.5. The van der Waals surface area contributed by atoms with E-state index in [4.69, 9.17) is 0 Å². The van der Waals surface area contributed by atoms with Gasteiger partial charge in [-0.3, -0.25) is 9.59 Å². The van der Waals surface area contributed by atoms with Gasteiger partial charge >= 0.3 is 0 Å². The second-order valence-electron chi connectivity index (χ2n) is 8.93. The number of nitrogens with zero attached hydrogens (tertiary/aromatic N) is 3. The summed E-state index contributed by atoms with van der Waals surface area (Å²) < 4.78 is 0. The first-order chi connectivity index (χ1) is 14.7. The van der Waals surface area contributed by atoms with E-state index >= 15 is 0 Å². The van der Waals surface area contributed by atoms with E-state index in [1.807, 2.05) is 70.4 Å². The Morgan fingerprint density at radius 2 is 1.74 bits per heavy atom. The normalized spacial score (nSPS) is 13.5. The maximum Gasteiger partial charge on any atom is 0.254 e. The van der Waals surface area contributed by atoms with Gasteiger partial charge in [0.05, 0.1) is 0 Å². The van der Waals surface area contributed by atoms with Crippen LogP contribution in [0.15, 0.2) is 48.8 Å². The van der Waals surface area contributed by atoms with Gasteiger partial charge in [0.2, 0.25) is 0 Å². The van der Waals surface area contributed by atoms with Crippen LogP contribution in [0.3, 0.4) is 0 Å². The average molecular weight is 414 g/mol. The smallest absolute Gasteiger partial charge is 0.254 e. The summed E-state index contributed by atoms with van der Waals surface area (Å²) in [5, 5.41) is 0. The summed E-state index contributed by atoms with van der Waals surface area (Å²) >= 11 is 0. The van der Waals surface area contributed by atoms with Crippen molar-refractivity contribution < 1.29 is 9.59 Å². The molecule has 0 aliphatic carbocycles. The molecule has 1 amide bonds. The molecule has 0 atom stereocenters. The van der Waals surface area contributed by atoms with Crippen LogP contribution < -0.4 is 0 Å². The van der Waals surface area contributed by atoms with Gasteiger partial charge in [0.15, 0.2) is 0 Å². The van der Waals surface area contributed by atoms with Crippen LogP contribution in [-0.2, 0) is 23.2 Å². The molecule has 0 fully saturated rings. The van der Waals surface area contributed by atoms with Crippen LogP contribution in [0, 0.1) is 13.8 Å². The largest absolute Gasteiger partial charge is 0.337 e. The summed E-state index contributed by atoms with van der Waals surface area (Å²) in [7, 11) is 1.80. The van der Waals surface area contributed by atoms with Crippen molar-refractivity contribution in [3.05, 3.63) is 82.4 Å². The standard InChI is InChI=1S/C26H27N3O2/c1-16-10-19(21-13-27-17(2)28-14-21)8-9-23(16)26(3,4)24(30)12-18-6-7-20-15-29(5)25(31)22(20)11-18/h6-11,13-14H,12,15H2,1-5H3. The van der Waals surface area contributed by atoms with E-state index in [2.05, 4.69) is 16.0 Å². The highest BCUT2D eigenvalue weighted by molar-refractivity contribution is 5.99. The molecule has 0 N–H and O–H groups in total. The first kappa shape index (κ1) is 20.9. The van der Waals surface area contributed by atoms with Crippen molar-refractivity contribution in [3.63, 3.8) is 0 Å². The van der Waals surface area contributed by atoms with Crippen molar-refractivity contribution in [1.82, 2.24) is 14.9 Å². The summed E-state index contributed by atoms with van der Waals surface area (Å²) in [6, 6.07) is 12.0. The molecule has 5 nitrogen and oxygen atoms in total. The van der Waals surface area contributed by atoms with Crippen LogP contribution >= 0.6 is 0 Å². The third kappa shape index (κ3) is 3.88. The van der Waals surface area contributed by atoms with Crippen LogP contribution in [0.25, 0.3) is 11.1 Å². The molecular formula is C26H27N3O2. The fraction of sp³-hybridized carbons (Fsp3) is 0.308. The fourth-order valence-corrected chi connectivity index (χ4v) is 4.25. The zero-order valence-electron chi connectivity index (χ0n) is 18.7. The molecule has 0 spiro atoms. The molecule has 2 aromatic carbocycles. The molecule has 2 heterocycles. The molecule has 31 heavy (non-hydrogen) atoms. The lowest BCUT2D eigenvalue weighted by molar-refractivity contribution is -0.122. The van der Waals surface area contributed by atoms with Crippen LogP contribution in [0.2, 0.25) is 0 Å². The monoisotopic (exact) mass is 413 g/mol. The molecule has 0 saturated heterocycles. The van der Waals surface area contributed by atoms with Crippen LogP contribution in [0.4, 0.5) is 0 Å².